The minimum absolute atomic E-state index is 0.613. The van der Waals surface area contributed by atoms with Crippen molar-refractivity contribution in [1.82, 2.24) is 0 Å². The largest absolute Gasteiger partial charge is 0.493 e. The summed E-state index contributed by atoms with van der Waals surface area (Å²) in [6.07, 6.45) is 6.17. The molecule has 340 valence electrons. The van der Waals surface area contributed by atoms with Crippen molar-refractivity contribution in [1.29, 1.82) is 0 Å². The van der Waals surface area contributed by atoms with E-state index < -0.39 is 7.92 Å². The van der Waals surface area contributed by atoms with Gasteiger partial charge in [0.05, 0.1) is 26.4 Å². The van der Waals surface area contributed by atoms with Crippen molar-refractivity contribution in [2.75, 3.05) is 26.4 Å². The predicted octanol–water partition coefficient (Wildman–Crippen LogP) is 14.3. The van der Waals surface area contributed by atoms with Crippen LogP contribution in [0.5, 0.6) is 23.0 Å². The van der Waals surface area contributed by atoms with Gasteiger partial charge >= 0.3 is 0 Å². The van der Waals surface area contributed by atoms with Gasteiger partial charge in [-0.3, -0.25) is 0 Å². The van der Waals surface area contributed by atoms with Gasteiger partial charge < -0.3 is 18.9 Å². The summed E-state index contributed by atoms with van der Waals surface area (Å²) < 4.78 is 28.8. The Bertz CT molecular complexity index is 2690. The van der Waals surface area contributed by atoms with Crippen LogP contribution < -0.4 is 34.9 Å². The second-order valence-electron chi connectivity index (χ2n) is 17.7. The molecule has 0 heterocycles. The zero-order valence-corrected chi connectivity index (χ0v) is 42.1. The Morgan fingerprint density at radius 3 is 1.14 bits per heavy atom. The van der Waals surface area contributed by atoms with Crippen LogP contribution in [0.3, 0.4) is 0 Å². The minimum atomic E-state index is -0.911. The fourth-order valence-electron chi connectivity index (χ4n) is 9.32. The highest BCUT2D eigenvalue weighted by Crippen LogP contribution is 2.43. The maximum Gasteiger partial charge on any atom is 0.126 e. The van der Waals surface area contributed by atoms with Gasteiger partial charge in [0.25, 0.3) is 0 Å². The van der Waals surface area contributed by atoms with E-state index in [4.69, 9.17) is 18.9 Å². The SMILES string of the molecule is CCCOc1c2cccc1Cc1cc(P(c3ccccc3)c3ccccc3)cc(c1OCCC)Cc1cc(Br)cc(c1OCCC)Cc1cc(-c3cc(C)cc(C)c3)cc(c1OCCC)C2. The zero-order valence-electron chi connectivity index (χ0n) is 39.6. The second kappa shape index (κ2) is 22.4. The molecule has 66 heavy (non-hydrogen) atoms. The van der Waals surface area contributed by atoms with Crippen LogP contribution in [0, 0.1) is 13.8 Å². The first-order chi connectivity index (χ1) is 32.3. The first-order valence-corrected chi connectivity index (χ1v) is 26.1. The molecule has 1 aliphatic carbocycles. The lowest BCUT2D eigenvalue weighted by atomic mass is 9.89. The molecule has 8 bridgehead atoms. The van der Waals surface area contributed by atoms with Gasteiger partial charge in [0.1, 0.15) is 23.0 Å². The third-order valence-electron chi connectivity index (χ3n) is 12.0. The number of para-hydroxylation sites is 1. The topological polar surface area (TPSA) is 36.9 Å². The fraction of sp³-hybridized carbons (Fsp3) is 0.300. The van der Waals surface area contributed by atoms with E-state index in [2.05, 4.69) is 191 Å². The summed E-state index contributed by atoms with van der Waals surface area (Å²) in [7, 11) is -0.911. The molecule has 0 amide bonds. The summed E-state index contributed by atoms with van der Waals surface area (Å²) in [5.74, 6) is 3.80. The molecule has 0 aliphatic heterocycles. The van der Waals surface area contributed by atoms with Gasteiger partial charge in [-0.25, -0.2) is 0 Å². The van der Waals surface area contributed by atoms with Crippen molar-refractivity contribution in [3.8, 4) is 34.1 Å². The molecule has 7 aromatic carbocycles. The number of halogens is 1. The molecule has 0 radical (unpaired) electrons. The summed E-state index contributed by atoms with van der Waals surface area (Å²) in [6, 6.07) is 49.7. The van der Waals surface area contributed by atoms with E-state index in [1.54, 1.807) is 0 Å². The average molecular weight is 960 g/mol. The summed E-state index contributed by atoms with van der Waals surface area (Å²) in [6.45, 7) is 15.6. The highest BCUT2D eigenvalue weighted by Gasteiger charge is 2.26. The van der Waals surface area contributed by atoms with Gasteiger partial charge in [0, 0.05) is 41.3 Å². The molecule has 0 spiro atoms. The van der Waals surface area contributed by atoms with Crippen LogP contribution in [-0.2, 0) is 25.7 Å². The molecule has 1 aliphatic rings. The van der Waals surface area contributed by atoms with Crippen LogP contribution in [0.15, 0.2) is 138 Å². The van der Waals surface area contributed by atoms with Crippen molar-refractivity contribution in [2.24, 2.45) is 0 Å². The molecule has 8 rings (SSSR count). The molecule has 0 atom stereocenters. The fourth-order valence-corrected chi connectivity index (χ4v) is 12.3. The zero-order chi connectivity index (χ0) is 46.0. The Kier molecular flexibility index (Phi) is 16.0. The second-order valence-corrected chi connectivity index (χ2v) is 20.8. The minimum Gasteiger partial charge on any atom is -0.493 e. The lowest BCUT2D eigenvalue weighted by Crippen LogP contribution is -2.22. The quantitative estimate of drug-likeness (QED) is 0.0905. The highest BCUT2D eigenvalue weighted by molar-refractivity contribution is 9.10. The van der Waals surface area contributed by atoms with E-state index in [0.29, 0.717) is 52.1 Å². The van der Waals surface area contributed by atoms with Crippen LogP contribution >= 0.6 is 23.9 Å². The van der Waals surface area contributed by atoms with E-state index in [1.165, 1.54) is 43.7 Å². The summed E-state index contributed by atoms with van der Waals surface area (Å²) in [5.41, 5.74) is 14.1. The summed E-state index contributed by atoms with van der Waals surface area (Å²) >= 11 is 4.02. The molecular formula is C60H64BrO4P. The van der Waals surface area contributed by atoms with E-state index in [-0.39, 0.29) is 0 Å². The molecular weight excluding hydrogens is 896 g/mol. The van der Waals surface area contributed by atoms with Crippen molar-refractivity contribution < 1.29 is 18.9 Å². The molecule has 0 saturated carbocycles. The number of fused-ring (bicyclic) bond motifs is 8. The molecule has 6 heteroatoms. The number of aryl methyl sites for hydroxylation is 2. The van der Waals surface area contributed by atoms with Gasteiger partial charge in [-0.2, -0.15) is 0 Å². The van der Waals surface area contributed by atoms with Crippen molar-refractivity contribution in [3.05, 3.63) is 194 Å². The normalized spacial score (nSPS) is 12.2. The Labute approximate surface area is 403 Å². The first kappa shape index (κ1) is 47.2. The third-order valence-corrected chi connectivity index (χ3v) is 14.9. The van der Waals surface area contributed by atoms with E-state index in [9.17, 15) is 0 Å². The number of rotatable bonds is 16. The predicted molar refractivity (Wildman–Crippen MR) is 281 cm³/mol. The van der Waals surface area contributed by atoms with Crippen LogP contribution in [-0.4, -0.2) is 26.4 Å². The third kappa shape index (κ3) is 11.1. The molecule has 7 aromatic rings. The summed E-state index contributed by atoms with van der Waals surface area (Å²) in [5, 5.41) is 3.92. The van der Waals surface area contributed by atoms with Crippen molar-refractivity contribution in [3.63, 3.8) is 0 Å². The van der Waals surface area contributed by atoms with Gasteiger partial charge in [0.2, 0.25) is 0 Å². The van der Waals surface area contributed by atoms with Gasteiger partial charge in [-0.1, -0.05) is 152 Å². The lowest BCUT2D eigenvalue weighted by molar-refractivity contribution is 0.304. The maximum atomic E-state index is 6.98. The molecule has 0 N–H and O–H groups in total. The van der Waals surface area contributed by atoms with Gasteiger partial charge in [-0.05, 0) is 144 Å². The number of ether oxygens (including phenoxy) is 4. The molecule has 4 nitrogen and oxygen atoms in total. The standard InChI is InChI=1S/C60H64BrO4P/c1-7-24-62-57-43-18-17-19-44(57)32-51-39-56(66(54-20-13-11-14-21-54)55-22-15-12-16-23-55)40-52(60(51)65-27-10-4)36-50-38-53(61)37-49(59(50)64-26-9-3)35-48-34-46(45-29-41(5)28-42(6)30-45)33-47(31-43)58(48)63-25-8-2/h11-23,28-30,33-34,37-40H,7-10,24-27,31-32,35-36H2,1-6H3. The van der Waals surface area contributed by atoms with E-state index in [1.807, 2.05) is 0 Å². The summed E-state index contributed by atoms with van der Waals surface area (Å²) in [4.78, 5) is 0. The van der Waals surface area contributed by atoms with E-state index >= 15 is 0 Å². The first-order valence-electron chi connectivity index (χ1n) is 24.0. The van der Waals surface area contributed by atoms with Crippen LogP contribution in [0.4, 0.5) is 0 Å². The van der Waals surface area contributed by atoms with E-state index in [0.717, 1.165) is 92.1 Å². The lowest BCUT2D eigenvalue weighted by Gasteiger charge is -2.26. The number of hydrogen-bond acceptors (Lipinski definition) is 4. The maximum absolute atomic E-state index is 6.98. The Hall–Kier alpha value is -5.35. The Balaban J connectivity index is 1.44. The van der Waals surface area contributed by atoms with Crippen LogP contribution in [0.1, 0.15) is 109 Å². The van der Waals surface area contributed by atoms with Gasteiger partial charge in [0.15, 0.2) is 0 Å². The number of hydrogen-bond donors (Lipinski definition) is 0. The smallest absolute Gasteiger partial charge is 0.126 e. The van der Waals surface area contributed by atoms with Crippen LogP contribution in [0.2, 0.25) is 0 Å². The molecule has 0 unspecified atom stereocenters. The van der Waals surface area contributed by atoms with Crippen LogP contribution in [0.25, 0.3) is 11.1 Å². The Morgan fingerprint density at radius 2 is 0.727 bits per heavy atom. The number of benzene rings is 7. The highest BCUT2D eigenvalue weighted by atomic mass is 79.9. The monoisotopic (exact) mass is 958 g/mol. The van der Waals surface area contributed by atoms with Crippen molar-refractivity contribution in [2.45, 2.75) is 92.9 Å². The average Bonchev–Trinajstić information content (AvgIpc) is 3.31. The Morgan fingerprint density at radius 1 is 0.379 bits per heavy atom. The molecule has 0 saturated heterocycles. The molecule has 0 fully saturated rings. The molecule has 0 aromatic heterocycles. The van der Waals surface area contributed by atoms with Crippen molar-refractivity contribution >= 4 is 39.8 Å². The van der Waals surface area contributed by atoms with Gasteiger partial charge in [-0.15, -0.1) is 0 Å².